The molecule has 4 unspecified atom stereocenters. The maximum absolute atomic E-state index is 13.6. The average Bonchev–Trinajstić information content (AvgIpc) is 0.925. The van der Waals surface area contributed by atoms with Crippen molar-refractivity contribution in [3.8, 4) is 0 Å². The second-order valence-electron chi connectivity index (χ2n) is 28.3. The highest BCUT2D eigenvalue weighted by molar-refractivity contribution is 5.83. The molecule has 2 saturated heterocycles. The zero-order valence-corrected chi connectivity index (χ0v) is 66.6. The van der Waals surface area contributed by atoms with E-state index in [1.807, 2.05) is 29.4 Å². The number of ether oxygens (including phenoxy) is 4. The molecule has 4 atom stereocenters. The lowest BCUT2D eigenvalue weighted by Crippen LogP contribution is -2.49. The smallest absolute Gasteiger partial charge is 0.235 e. The van der Waals surface area contributed by atoms with Crippen molar-refractivity contribution >= 4 is 47.3 Å². The molecule has 8 amide bonds. The highest BCUT2D eigenvalue weighted by Gasteiger charge is 2.35. The quantitative estimate of drug-likeness (QED) is 0.0269. The third-order valence-corrected chi connectivity index (χ3v) is 18.0. The van der Waals surface area contributed by atoms with Gasteiger partial charge in [-0.1, -0.05) is 0 Å². The zero-order valence-electron chi connectivity index (χ0n) is 66.6. The summed E-state index contributed by atoms with van der Waals surface area (Å²) in [6, 6.07) is 0. The van der Waals surface area contributed by atoms with Crippen molar-refractivity contribution < 1.29 is 77.7 Å². The number of rotatable bonds is 65. The molecule has 0 aromatic heterocycles. The first-order valence-electron chi connectivity index (χ1n) is 39.4. The van der Waals surface area contributed by atoms with Crippen LogP contribution in [0.2, 0.25) is 0 Å². The summed E-state index contributed by atoms with van der Waals surface area (Å²) in [5.74, 6) is -3.27. The van der Waals surface area contributed by atoms with Crippen LogP contribution in [0.1, 0.15) is 6.42 Å². The summed E-state index contributed by atoms with van der Waals surface area (Å²) in [4.78, 5) is 125. The molecule has 0 spiro atoms. The molecule has 2 rings (SSSR count). The Kier molecular flexibility index (Phi) is 59.4. The van der Waals surface area contributed by atoms with Gasteiger partial charge in [-0.2, -0.15) is 0 Å². The Bertz CT molecular complexity index is 2330. The minimum Gasteiger partial charge on any atom is -0.391 e. The Balaban J connectivity index is 2.69. The molecule has 112 heavy (non-hydrogen) atoms. The number of carbonyl (C=O) groups excluding carboxylic acids is 8. The van der Waals surface area contributed by atoms with Crippen LogP contribution in [0.3, 0.4) is 0 Å². The molecule has 2 heterocycles. The van der Waals surface area contributed by atoms with Crippen LogP contribution in [0.25, 0.3) is 0 Å². The van der Waals surface area contributed by atoms with E-state index in [4.69, 9.17) is 76.3 Å². The van der Waals surface area contributed by atoms with Gasteiger partial charge in [0.1, 0.15) is 0 Å². The third-order valence-electron chi connectivity index (χ3n) is 18.0. The molecule has 0 aliphatic carbocycles. The van der Waals surface area contributed by atoms with E-state index in [1.165, 1.54) is 14.7 Å². The fourth-order valence-corrected chi connectivity index (χ4v) is 12.4. The van der Waals surface area contributed by atoms with E-state index >= 15 is 0 Å². The molecule has 0 bridgehead atoms. The molecule has 654 valence electrons. The van der Waals surface area contributed by atoms with E-state index in [-0.39, 0.29) is 176 Å². The van der Waals surface area contributed by atoms with Gasteiger partial charge in [0, 0.05) is 236 Å². The highest BCUT2D eigenvalue weighted by atomic mass is 16.5. The van der Waals surface area contributed by atoms with Crippen LogP contribution >= 0.6 is 0 Å². The fraction of sp³-hybridized carbons (Fsp3) is 0.882. The van der Waals surface area contributed by atoms with Gasteiger partial charge in [0.25, 0.3) is 0 Å². The molecule has 0 aromatic carbocycles. The number of aliphatic hydroxyl groups excluding tert-OH is 4. The SMILES string of the molecule is NCCN(CCN)CCNC(=O)CN(CC(=O)NCCN(CCN)CCN)CC(O)COCC(COCC(O)CCN1CC(=O)NCCN(CCN)CNC(=O)C1)(COCC(O)CN(CC(=O)NCCN(CCN)CCN)CC(=O)NCCN(CCN)CCN)COCC(O)CN1CC(=O)NCCN(CCN)CNC(=O)C1. The number of hydrogen-bond donors (Lipinski definition) is 22. The maximum atomic E-state index is 13.6. The van der Waals surface area contributed by atoms with Gasteiger partial charge >= 0.3 is 0 Å². The van der Waals surface area contributed by atoms with Crippen LogP contribution in [0.15, 0.2) is 0 Å². The Hall–Kier alpha value is -5.36. The van der Waals surface area contributed by atoms with E-state index in [0.717, 1.165) is 0 Å². The van der Waals surface area contributed by atoms with E-state index in [9.17, 15) is 58.8 Å². The van der Waals surface area contributed by atoms with Crippen molar-refractivity contribution in [2.24, 2.45) is 62.8 Å². The molecule has 44 nitrogen and oxygen atoms in total. The minimum atomic E-state index is -1.49. The summed E-state index contributed by atoms with van der Waals surface area (Å²) in [5.41, 5.74) is 56.6. The predicted molar refractivity (Wildman–Crippen MR) is 424 cm³/mol. The lowest BCUT2D eigenvalue weighted by Gasteiger charge is -2.35. The van der Waals surface area contributed by atoms with Gasteiger partial charge < -0.3 is 139 Å². The fourth-order valence-electron chi connectivity index (χ4n) is 12.4. The number of carbonyl (C=O) groups is 8. The molecule has 2 aliphatic rings. The van der Waals surface area contributed by atoms with Gasteiger partial charge in [0.05, 0.1) is 148 Å². The summed E-state index contributed by atoms with van der Waals surface area (Å²) >= 11 is 0. The number of β-amino-alcohol motifs (C(OH)–C–C–N with tert-alkyl or cyclic N) is 1. The number of nitrogens with one attached hydrogen (secondary N) is 8. The Morgan fingerprint density at radius 3 is 0.955 bits per heavy atom. The standard InChI is InChI=1S/C68H146N28O16/c69-2-19-87(20-3-70)29-12-79-61(102)40-94(41-62(103)80-13-30-88(21-4-71)22-5-72)35-57(98)47-110-51-68(53-112-49-59(100)37-96-44-65(106)84-17-34-92(28-11-78)55-86-67(108)45-96,50-109-46-56(97)1-18-93-38-60(101)83-16-33-91(27-10-77)54-85-66(107)39-93)52-111-48-58(99)36-95(42-63(104)81-14-31-89(23-6-73)24-7-74)43-64(105)82-15-32-90(25-8-75)26-9-76/h56-59,97-100H,1-55,69-78H2,(H,79,102)(H,80,103)(H,81,104)(H,82,105)(H,83,101)(H,84,106)(H,85,107)(H,86,108). The average molecular weight is 1610 g/mol. The van der Waals surface area contributed by atoms with E-state index in [0.29, 0.717) is 177 Å². The van der Waals surface area contributed by atoms with Crippen LogP contribution in [-0.2, 0) is 57.3 Å². The number of aliphatic hydroxyl groups is 4. The molecule has 2 aliphatic heterocycles. The van der Waals surface area contributed by atoms with Crippen molar-refractivity contribution in [2.75, 3.05) is 354 Å². The predicted octanol–water partition coefficient (Wildman–Crippen LogP) is -16.6. The summed E-state index contributed by atoms with van der Waals surface area (Å²) < 4.78 is 25.4. The summed E-state index contributed by atoms with van der Waals surface area (Å²) in [5, 5.41) is 70.0. The van der Waals surface area contributed by atoms with Gasteiger partial charge in [0.2, 0.25) is 47.3 Å². The topological polar surface area (TPSA) is 643 Å². The second kappa shape index (κ2) is 64.8. The number of nitrogens with zero attached hydrogens (tertiary/aromatic N) is 10. The molecule has 0 saturated carbocycles. The molecule has 2 fully saturated rings. The van der Waals surface area contributed by atoms with Gasteiger partial charge in [-0.05, 0) is 6.42 Å². The van der Waals surface area contributed by atoms with Crippen LogP contribution in [0.4, 0.5) is 0 Å². The van der Waals surface area contributed by atoms with Crippen molar-refractivity contribution in [2.45, 2.75) is 30.8 Å². The number of hydrogen-bond acceptors (Lipinski definition) is 36. The Morgan fingerprint density at radius 2 is 0.652 bits per heavy atom. The second-order valence-corrected chi connectivity index (χ2v) is 28.3. The van der Waals surface area contributed by atoms with E-state index in [2.05, 4.69) is 42.5 Å². The Morgan fingerprint density at radius 1 is 0.366 bits per heavy atom. The van der Waals surface area contributed by atoms with Crippen molar-refractivity contribution in [3.05, 3.63) is 0 Å². The van der Waals surface area contributed by atoms with Crippen LogP contribution in [0, 0.1) is 5.41 Å². The summed E-state index contributed by atoms with van der Waals surface area (Å²) in [6.45, 7) is 7.76. The lowest BCUT2D eigenvalue weighted by molar-refractivity contribution is -0.136. The van der Waals surface area contributed by atoms with E-state index < -0.39 is 85.1 Å². The van der Waals surface area contributed by atoms with Crippen molar-refractivity contribution in [1.29, 1.82) is 0 Å². The van der Waals surface area contributed by atoms with Crippen LogP contribution in [-0.4, -0.2) is 495 Å². The van der Waals surface area contributed by atoms with E-state index in [1.54, 1.807) is 4.90 Å². The first-order valence-corrected chi connectivity index (χ1v) is 39.4. The number of nitrogens with two attached hydrogens (primary N) is 10. The molecular weight excluding hydrogens is 1460 g/mol. The largest absolute Gasteiger partial charge is 0.391 e. The summed E-state index contributed by atoms with van der Waals surface area (Å²) in [6.07, 6.45) is -5.28. The Labute approximate surface area is 661 Å². The van der Waals surface area contributed by atoms with Crippen molar-refractivity contribution in [1.82, 2.24) is 91.5 Å². The van der Waals surface area contributed by atoms with Gasteiger partial charge in [-0.3, -0.25) is 87.4 Å². The van der Waals surface area contributed by atoms with Crippen molar-refractivity contribution in [3.63, 3.8) is 0 Å². The van der Waals surface area contributed by atoms with Gasteiger partial charge in [-0.25, -0.2) is 0 Å². The lowest BCUT2D eigenvalue weighted by atomic mass is 9.92. The van der Waals surface area contributed by atoms with Crippen LogP contribution < -0.4 is 99.9 Å². The summed E-state index contributed by atoms with van der Waals surface area (Å²) in [7, 11) is 0. The highest BCUT2D eigenvalue weighted by Crippen LogP contribution is 2.22. The monoisotopic (exact) mass is 1610 g/mol. The molecule has 32 N–H and O–H groups in total. The number of amides is 8. The first kappa shape index (κ1) is 103. The molecule has 0 aromatic rings. The van der Waals surface area contributed by atoms with Gasteiger partial charge in [-0.15, -0.1) is 0 Å². The molecular formula is C68H146N28O16. The van der Waals surface area contributed by atoms with Gasteiger partial charge in [0.15, 0.2) is 0 Å². The first-order chi connectivity index (χ1) is 54.0. The maximum Gasteiger partial charge on any atom is 0.235 e. The zero-order chi connectivity index (χ0) is 82.6. The normalized spacial score (nSPS) is 16.9. The molecule has 44 heteroatoms. The minimum absolute atomic E-state index is 0.0165. The molecule has 0 radical (unpaired) electrons. The van der Waals surface area contributed by atoms with Crippen LogP contribution in [0.5, 0.6) is 0 Å². The third kappa shape index (κ3) is 51.6.